The topological polar surface area (TPSA) is 15.3 Å². The molecule has 0 saturated heterocycles. The van der Waals surface area contributed by atoms with E-state index in [0.717, 1.165) is 31.6 Å². The zero-order valence-electron chi connectivity index (χ0n) is 11.7. The lowest BCUT2D eigenvalue weighted by atomic mass is 10.1. The second kappa shape index (κ2) is 8.22. The van der Waals surface area contributed by atoms with Gasteiger partial charge in [0.05, 0.1) is 0 Å². The van der Waals surface area contributed by atoms with Crippen LogP contribution in [-0.2, 0) is 6.54 Å². The minimum absolute atomic E-state index is 0.168. The molecule has 1 atom stereocenters. The molecule has 0 aliphatic carbocycles. The number of hydrogen-bond donors (Lipinski definition) is 1. The number of hydrogen-bond acceptors (Lipinski definition) is 2. The van der Waals surface area contributed by atoms with Gasteiger partial charge in [-0.1, -0.05) is 19.1 Å². The largest absolute Gasteiger partial charge is 0.317 e. The second-order valence-corrected chi connectivity index (χ2v) is 4.93. The van der Waals surface area contributed by atoms with Gasteiger partial charge in [0.25, 0.3) is 0 Å². The average molecular weight is 252 g/mol. The zero-order chi connectivity index (χ0) is 13.4. The summed E-state index contributed by atoms with van der Waals surface area (Å²) in [6.07, 6.45) is 2.32. The van der Waals surface area contributed by atoms with Crippen LogP contribution in [0.1, 0.15) is 32.3 Å². The molecule has 1 aromatic carbocycles. The molecule has 18 heavy (non-hydrogen) atoms. The van der Waals surface area contributed by atoms with Crippen LogP contribution in [0.3, 0.4) is 0 Å². The first-order valence-corrected chi connectivity index (χ1v) is 6.79. The van der Waals surface area contributed by atoms with Crippen molar-refractivity contribution in [2.45, 2.75) is 39.3 Å². The van der Waals surface area contributed by atoms with E-state index in [0.29, 0.717) is 6.04 Å². The summed E-state index contributed by atoms with van der Waals surface area (Å²) in [4.78, 5) is 2.31. The Morgan fingerprint density at radius 3 is 2.50 bits per heavy atom. The highest BCUT2D eigenvalue weighted by molar-refractivity contribution is 5.15. The van der Waals surface area contributed by atoms with Gasteiger partial charge in [0.1, 0.15) is 5.82 Å². The molecule has 2 nitrogen and oxygen atoms in total. The van der Waals surface area contributed by atoms with Crippen LogP contribution in [0.5, 0.6) is 0 Å². The van der Waals surface area contributed by atoms with Crippen LogP contribution in [0.4, 0.5) is 4.39 Å². The van der Waals surface area contributed by atoms with Gasteiger partial charge >= 0.3 is 0 Å². The summed E-state index contributed by atoms with van der Waals surface area (Å²) in [7, 11) is 2.12. The fourth-order valence-electron chi connectivity index (χ4n) is 1.87. The maximum Gasteiger partial charge on any atom is 0.123 e. The molecule has 0 saturated carbocycles. The molecule has 0 aliphatic heterocycles. The number of benzene rings is 1. The Hall–Kier alpha value is -0.930. The molecular formula is C15H25FN2. The van der Waals surface area contributed by atoms with Crippen molar-refractivity contribution in [1.29, 1.82) is 0 Å². The van der Waals surface area contributed by atoms with E-state index in [1.54, 1.807) is 0 Å². The minimum Gasteiger partial charge on any atom is -0.317 e. The summed E-state index contributed by atoms with van der Waals surface area (Å²) in [5, 5.41) is 3.42. The molecule has 0 fully saturated rings. The quantitative estimate of drug-likeness (QED) is 0.715. The first-order valence-electron chi connectivity index (χ1n) is 6.79. The number of nitrogens with one attached hydrogen (secondary N) is 1. The summed E-state index contributed by atoms with van der Waals surface area (Å²) >= 11 is 0. The van der Waals surface area contributed by atoms with Crippen LogP contribution < -0.4 is 5.32 Å². The van der Waals surface area contributed by atoms with Crippen LogP contribution >= 0.6 is 0 Å². The van der Waals surface area contributed by atoms with Crippen LogP contribution in [0.15, 0.2) is 24.3 Å². The Balaban J connectivity index is 2.30. The maximum absolute atomic E-state index is 12.8. The number of rotatable bonds is 8. The lowest BCUT2D eigenvalue weighted by Gasteiger charge is -2.25. The highest BCUT2D eigenvalue weighted by atomic mass is 19.1. The van der Waals surface area contributed by atoms with Crippen LogP contribution in [-0.4, -0.2) is 31.1 Å². The van der Waals surface area contributed by atoms with Crippen LogP contribution in [0.2, 0.25) is 0 Å². The summed E-state index contributed by atoms with van der Waals surface area (Å²) in [5.41, 5.74) is 1.16. The molecule has 0 spiro atoms. The third-order valence-corrected chi connectivity index (χ3v) is 3.26. The molecule has 0 radical (unpaired) electrons. The molecular weight excluding hydrogens is 227 g/mol. The van der Waals surface area contributed by atoms with Crippen molar-refractivity contribution in [3.05, 3.63) is 35.6 Å². The Morgan fingerprint density at radius 2 is 1.89 bits per heavy atom. The van der Waals surface area contributed by atoms with Gasteiger partial charge < -0.3 is 5.32 Å². The van der Waals surface area contributed by atoms with Gasteiger partial charge in [0, 0.05) is 12.6 Å². The fourth-order valence-corrected chi connectivity index (χ4v) is 1.87. The zero-order valence-corrected chi connectivity index (χ0v) is 11.7. The number of halogens is 1. The first-order chi connectivity index (χ1) is 8.63. The Labute approximate surface area is 110 Å². The monoisotopic (exact) mass is 252 g/mol. The van der Waals surface area contributed by atoms with E-state index in [-0.39, 0.29) is 5.82 Å². The van der Waals surface area contributed by atoms with E-state index in [9.17, 15) is 4.39 Å². The number of nitrogens with zero attached hydrogens (tertiary/aromatic N) is 1. The first kappa shape index (κ1) is 15.1. The Morgan fingerprint density at radius 1 is 1.22 bits per heavy atom. The standard InChI is InChI=1S/C15H25FN2/c1-4-10-17-11-9-13(2)18(3)12-14-5-7-15(16)8-6-14/h5-8,13,17H,4,9-12H2,1-3H3. The third-order valence-electron chi connectivity index (χ3n) is 3.26. The van der Waals surface area contributed by atoms with Gasteiger partial charge in [-0.05, 0) is 57.6 Å². The normalized spacial score (nSPS) is 12.9. The van der Waals surface area contributed by atoms with Crippen molar-refractivity contribution in [3.63, 3.8) is 0 Å². The lowest BCUT2D eigenvalue weighted by Crippen LogP contribution is -2.32. The smallest absolute Gasteiger partial charge is 0.123 e. The van der Waals surface area contributed by atoms with Gasteiger partial charge in [-0.3, -0.25) is 4.90 Å². The third kappa shape index (κ3) is 5.61. The Kier molecular flexibility index (Phi) is 6.91. The minimum atomic E-state index is -0.168. The molecule has 1 aromatic rings. The molecule has 0 amide bonds. The molecule has 1 unspecified atom stereocenters. The highest BCUT2D eigenvalue weighted by Crippen LogP contribution is 2.09. The van der Waals surface area contributed by atoms with E-state index >= 15 is 0 Å². The summed E-state index contributed by atoms with van der Waals surface area (Å²) in [5.74, 6) is -0.168. The Bertz CT molecular complexity index is 324. The van der Waals surface area contributed by atoms with Crippen molar-refractivity contribution in [2.24, 2.45) is 0 Å². The molecule has 0 bridgehead atoms. The van der Waals surface area contributed by atoms with Crippen molar-refractivity contribution < 1.29 is 4.39 Å². The van der Waals surface area contributed by atoms with Crippen molar-refractivity contribution in [3.8, 4) is 0 Å². The van der Waals surface area contributed by atoms with E-state index in [4.69, 9.17) is 0 Å². The van der Waals surface area contributed by atoms with Crippen LogP contribution in [0.25, 0.3) is 0 Å². The molecule has 0 aliphatic rings. The molecule has 1 rings (SSSR count). The maximum atomic E-state index is 12.8. The molecule has 102 valence electrons. The van der Waals surface area contributed by atoms with Gasteiger partial charge in [-0.25, -0.2) is 4.39 Å². The van der Waals surface area contributed by atoms with Gasteiger partial charge in [0.15, 0.2) is 0 Å². The van der Waals surface area contributed by atoms with Crippen LogP contribution in [0, 0.1) is 5.82 Å². The van der Waals surface area contributed by atoms with E-state index in [2.05, 4.69) is 31.1 Å². The predicted octanol–water partition coefficient (Wildman–Crippen LogP) is 3.04. The summed E-state index contributed by atoms with van der Waals surface area (Å²) in [6, 6.07) is 7.29. The molecule has 0 heterocycles. The van der Waals surface area contributed by atoms with Gasteiger partial charge in [-0.2, -0.15) is 0 Å². The molecule has 3 heteroatoms. The summed E-state index contributed by atoms with van der Waals surface area (Å²) < 4.78 is 12.8. The van der Waals surface area contributed by atoms with E-state index in [1.165, 1.54) is 18.6 Å². The van der Waals surface area contributed by atoms with Crippen molar-refractivity contribution in [2.75, 3.05) is 20.1 Å². The molecule has 0 aromatic heterocycles. The van der Waals surface area contributed by atoms with E-state index < -0.39 is 0 Å². The second-order valence-electron chi connectivity index (χ2n) is 4.93. The highest BCUT2D eigenvalue weighted by Gasteiger charge is 2.09. The SMILES string of the molecule is CCCNCCC(C)N(C)Cc1ccc(F)cc1. The predicted molar refractivity (Wildman–Crippen MR) is 75.1 cm³/mol. The average Bonchev–Trinajstić information content (AvgIpc) is 2.37. The fraction of sp³-hybridized carbons (Fsp3) is 0.600. The van der Waals surface area contributed by atoms with Gasteiger partial charge in [0.2, 0.25) is 0 Å². The van der Waals surface area contributed by atoms with Gasteiger partial charge in [-0.15, -0.1) is 0 Å². The van der Waals surface area contributed by atoms with Crippen molar-refractivity contribution >= 4 is 0 Å². The van der Waals surface area contributed by atoms with E-state index in [1.807, 2.05) is 12.1 Å². The van der Waals surface area contributed by atoms with Crippen molar-refractivity contribution in [1.82, 2.24) is 10.2 Å². The molecule has 1 N–H and O–H groups in total. The lowest BCUT2D eigenvalue weighted by molar-refractivity contribution is 0.236. The summed E-state index contributed by atoms with van der Waals surface area (Å²) in [6.45, 7) is 7.43.